The summed E-state index contributed by atoms with van der Waals surface area (Å²) in [6.45, 7) is 7.41. The van der Waals surface area contributed by atoms with E-state index in [-0.39, 0.29) is 6.04 Å². The smallest absolute Gasteiger partial charge is 0.125 e. The Morgan fingerprint density at radius 3 is 2.70 bits per heavy atom. The first kappa shape index (κ1) is 14.8. The van der Waals surface area contributed by atoms with Gasteiger partial charge in [0, 0.05) is 38.1 Å². The molecule has 1 N–H and O–H groups in total. The molecular weight excluding hydrogens is 250 g/mol. The fraction of sp³-hybridized carbons (Fsp3) is 0.600. The molecule has 110 valence electrons. The fourth-order valence-corrected chi connectivity index (χ4v) is 2.34. The van der Waals surface area contributed by atoms with Gasteiger partial charge in [-0.2, -0.15) is 5.10 Å². The van der Waals surface area contributed by atoms with Crippen LogP contribution in [0.25, 0.3) is 0 Å². The topological polar surface area (TPSA) is 47.7 Å². The third-order valence-electron chi connectivity index (χ3n) is 3.74. The molecule has 2 unspecified atom stereocenters. The van der Waals surface area contributed by atoms with Crippen LogP contribution < -0.4 is 5.32 Å². The van der Waals surface area contributed by atoms with Gasteiger partial charge in [0.1, 0.15) is 5.82 Å². The van der Waals surface area contributed by atoms with Crippen molar-refractivity contribution in [1.29, 1.82) is 0 Å². The maximum absolute atomic E-state index is 4.68. The summed E-state index contributed by atoms with van der Waals surface area (Å²) < 4.78 is 4.12. The highest BCUT2D eigenvalue weighted by Gasteiger charge is 2.17. The van der Waals surface area contributed by atoms with E-state index in [2.05, 4.69) is 57.7 Å². The maximum Gasteiger partial charge on any atom is 0.125 e. The van der Waals surface area contributed by atoms with Gasteiger partial charge in [0.15, 0.2) is 0 Å². The summed E-state index contributed by atoms with van der Waals surface area (Å²) in [7, 11) is 2.03. The maximum atomic E-state index is 4.68. The molecule has 2 heterocycles. The van der Waals surface area contributed by atoms with E-state index in [0.29, 0.717) is 6.04 Å². The molecule has 2 aromatic heterocycles. The van der Waals surface area contributed by atoms with Crippen LogP contribution in [0.2, 0.25) is 0 Å². The zero-order valence-electron chi connectivity index (χ0n) is 12.9. The van der Waals surface area contributed by atoms with Gasteiger partial charge in [-0.15, -0.1) is 0 Å². The van der Waals surface area contributed by atoms with E-state index in [9.17, 15) is 0 Å². The summed E-state index contributed by atoms with van der Waals surface area (Å²) in [5, 5.41) is 8.18. The van der Waals surface area contributed by atoms with E-state index < -0.39 is 0 Å². The monoisotopic (exact) mass is 275 g/mol. The number of nitrogens with zero attached hydrogens (tertiary/aromatic N) is 4. The number of aryl methyl sites for hydroxylation is 1. The van der Waals surface area contributed by atoms with E-state index >= 15 is 0 Å². The largest absolute Gasteiger partial charge is 0.337 e. The highest BCUT2D eigenvalue weighted by molar-refractivity contribution is 5.08. The molecule has 2 atom stereocenters. The quantitative estimate of drug-likeness (QED) is 0.844. The Labute approximate surface area is 121 Å². The number of likely N-dealkylation sites (N-methyl/N-ethyl adjacent to an activating group) is 1. The number of rotatable bonds is 7. The molecule has 0 aliphatic rings. The Balaban J connectivity index is 2.12. The van der Waals surface area contributed by atoms with Crippen molar-refractivity contribution in [3.63, 3.8) is 0 Å². The lowest BCUT2D eigenvalue weighted by molar-refractivity contribution is 0.461. The molecule has 2 aromatic rings. The number of hydrogen-bond donors (Lipinski definition) is 1. The molecule has 0 saturated carbocycles. The predicted octanol–water partition coefficient (Wildman–Crippen LogP) is 2.48. The van der Waals surface area contributed by atoms with Crippen molar-refractivity contribution in [2.24, 2.45) is 7.05 Å². The standard InChI is InChI=1S/C15H25N5/c1-5-12(3)20-9-7-13(18-20)11-14(16-6-2)15-17-8-10-19(15)4/h7-10,12,14,16H,5-6,11H2,1-4H3. The van der Waals surface area contributed by atoms with Crippen molar-refractivity contribution in [3.8, 4) is 0 Å². The Morgan fingerprint density at radius 2 is 2.10 bits per heavy atom. The summed E-state index contributed by atoms with van der Waals surface area (Å²) in [6, 6.07) is 2.77. The van der Waals surface area contributed by atoms with Crippen LogP contribution in [-0.2, 0) is 13.5 Å². The average molecular weight is 275 g/mol. The van der Waals surface area contributed by atoms with Crippen molar-refractivity contribution in [1.82, 2.24) is 24.6 Å². The van der Waals surface area contributed by atoms with Gasteiger partial charge >= 0.3 is 0 Å². The fourth-order valence-electron chi connectivity index (χ4n) is 2.34. The van der Waals surface area contributed by atoms with E-state index in [1.165, 1.54) is 0 Å². The Bertz CT molecular complexity index is 528. The first-order valence-corrected chi connectivity index (χ1v) is 7.40. The van der Waals surface area contributed by atoms with Crippen molar-refractivity contribution >= 4 is 0 Å². The van der Waals surface area contributed by atoms with Gasteiger partial charge in [-0.25, -0.2) is 4.98 Å². The lowest BCUT2D eigenvalue weighted by atomic mass is 10.1. The van der Waals surface area contributed by atoms with Crippen molar-refractivity contribution in [3.05, 3.63) is 36.2 Å². The minimum Gasteiger partial charge on any atom is -0.337 e. The van der Waals surface area contributed by atoms with E-state index in [1.54, 1.807) is 0 Å². The molecule has 0 aliphatic heterocycles. The molecule has 0 spiro atoms. The summed E-state index contributed by atoms with van der Waals surface area (Å²) in [5.41, 5.74) is 1.11. The molecule has 5 heteroatoms. The van der Waals surface area contributed by atoms with Gasteiger partial charge in [-0.05, 0) is 26.0 Å². The minimum absolute atomic E-state index is 0.209. The number of imidazole rings is 1. The van der Waals surface area contributed by atoms with Crippen LogP contribution in [-0.4, -0.2) is 25.9 Å². The average Bonchev–Trinajstić information content (AvgIpc) is 3.06. The van der Waals surface area contributed by atoms with Crippen LogP contribution in [0.4, 0.5) is 0 Å². The van der Waals surface area contributed by atoms with Crippen LogP contribution in [0.3, 0.4) is 0 Å². The van der Waals surface area contributed by atoms with Crippen molar-refractivity contribution < 1.29 is 0 Å². The van der Waals surface area contributed by atoms with E-state index in [4.69, 9.17) is 0 Å². The molecular formula is C15H25N5. The third kappa shape index (κ3) is 3.28. The van der Waals surface area contributed by atoms with Gasteiger partial charge in [0.05, 0.1) is 11.7 Å². The highest BCUT2D eigenvalue weighted by atomic mass is 15.3. The first-order chi connectivity index (χ1) is 9.65. The number of aromatic nitrogens is 4. The number of hydrogen-bond acceptors (Lipinski definition) is 3. The Kier molecular flexibility index (Phi) is 4.95. The summed E-state index contributed by atoms with van der Waals surface area (Å²) >= 11 is 0. The normalized spacial score (nSPS) is 14.4. The van der Waals surface area contributed by atoms with Gasteiger partial charge < -0.3 is 9.88 Å². The summed E-state index contributed by atoms with van der Waals surface area (Å²) in [6.07, 6.45) is 7.86. The molecule has 0 radical (unpaired) electrons. The molecule has 5 nitrogen and oxygen atoms in total. The predicted molar refractivity (Wildman–Crippen MR) is 80.6 cm³/mol. The van der Waals surface area contributed by atoms with Crippen LogP contribution in [0, 0.1) is 0 Å². The van der Waals surface area contributed by atoms with Crippen LogP contribution in [0.5, 0.6) is 0 Å². The summed E-state index contributed by atoms with van der Waals surface area (Å²) in [5.74, 6) is 1.06. The van der Waals surface area contributed by atoms with Crippen LogP contribution >= 0.6 is 0 Å². The van der Waals surface area contributed by atoms with Gasteiger partial charge in [-0.3, -0.25) is 4.68 Å². The Hall–Kier alpha value is -1.62. The second kappa shape index (κ2) is 6.70. The minimum atomic E-state index is 0.209. The molecule has 0 aliphatic carbocycles. The van der Waals surface area contributed by atoms with Crippen molar-refractivity contribution in [2.75, 3.05) is 6.54 Å². The lowest BCUT2D eigenvalue weighted by Crippen LogP contribution is -2.26. The van der Waals surface area contributed by atoms with E-state index in [0.717, 1.165) is 30.9 Å². The first-order valence-electron chi connectivity index (χ1n) is 7.40. The van der Waals surface area contributed by atoms with Gasteiger partial charge in [0.2, 0.25) is 0 Å². The van der Waals surface area contributed by atoms with E-state index in [1.807, 2.05) is 19.4 Å². The van der Waals surface area contributed by atoms with Crippen molar-refractivity contribution in [2.45, 2.75) is 45.7 Å². The van der Waals surface area contributed by atoms with Gasteiger partial charge in [0.25, 0.3) is 0 Å². The summed E-state index contributed by atoms with van der Waals surface area (Å²) in [4.78, 5) is 4.45. The Morgan fingerprint density at radius 1 is 1.30 bits per heavy atom. The SMILES string of the molecule is CCNC(Cc1ccn(C(C)CC)n1)c1nccn1C. The highest BCUT2D eigenvalue weighted by Crippen LogP contribution is 2.17. The molecule has 0 bridgehead atoms. The third-order valence-corrected chi connectivity index (χ3v) is 3.74. The lowest BCUT2D eigenvalue weighted by Gasteiger charge is -2.16. The molecule has 20 heavy (non-hydrogen) atoms. The van der Waals surface area contributed by atoms with Gasteiger partial charge in [-0.1, -0.05) is 13.8 Å². The van der Waals surface area contributed by atoms with Crippen LogP contribution in [0.1, 0.15) is 50.8 Å². The molecule has 0 aromatic carbocycles. The second-order valence-electron chi connectivity index (χ2n) is 5.26. The zero-order chi connectivity index (χ0) is 14.5. The molecule has 0 amide bonds. The molecule has 0 fully saturated rings. The van der Waals surface area contributed by atoms with Crippen LogP contribution in [0.15, 0.2) is 24.7 Å². The molecule has 0 saturated heterocycles. The second-order valence-corrected chi connectivity index (χ2v) is 5.26. The molecule has 2 rings (SSSR count). The number of nitrogens with one attached hydrogen (secondary N) is 1. The zero-order valence-corrected chi connectivity index (χ0v) is 12.9.